The Kier molecular flexibility index (Phi) is 4.37. The Morgan fingerprint density at radius 2 is 2.07 bits per heavy atom. The van der Waals surface area contributed by atoms with Crippen LogP contribution in [0.1, 0.15) is 23.2 Å². The predicted octanol–water partition coefficient (Wildman–Crippen LogP) is 4.43. The maximum absolute atomic E-state index is 14.3. The second-order valence-electron chi connectivity index (χ2n) is 7.48. The summed E-state index contributed by atoms with van der Waals surface area (Å²) in [5.74, 6) is -0.0629. The molecule has 8 heteroatoms. The van der Waals surface area contributed by atoms with Crippen LogP contribution in [0.2, 0.25) is 10.0 Å². The van der Waals surface area contributed by atoms with E-state index in [1.807, 2.05) is 24.3 Å². The number of pyridine rings is 2. The molecule has 0 spiro atoms. The van der Waals surface area contributed by atoms with Gasteiger partial charge in [0.15, 0.2) is 0 Å². The summed E-state index contributed by atoms with van der Waals surface area (Å²) in [6.45, 7) is -0.687. The summed E-state index contributed by atoms with van der Waals surface area (Å²) in [5.41, 5.74) is 7.87. The third-order valence-electron chi connectivity index (χ3n) is 5.64. The van der Waals surface area contributed by atoms with Crippen molar-refractivity contribution in [1.82, 2.24) is 9.97 Å². The summed E-state index contributed by atoms with van der Waals surface area (Å²) in [7, 11) is 0. The maximum atomic E-state index is 14.3. The molecule has 5 rings (SSSR count). The Morgan fingerprint density at radius 3 is 2.90 bits per heavy atom. The van der Waals surface area contributed by atoms with Gasteiger partial charge in [0, 0.05) is 40.7 Å². The van der Waals surface area contributed by atoms with E-state index in [2.05, 4.69) is 15.0 Å². The van der Waals surface area contributed by atoms with Crippen molar-refractivity contribution >= 4 is 40.1 Å². The average Bonchev–Trinajstić information content (AvgIpc) is 3.48. The lowest BCUT2D eigenvalue weighted by Crippen LogP contribution is -2.39. The van der Waals surface area contributed by atoms with Gasteiger partial charge < -0.3 is 10.5 Å². The zero-order valence-corrected chi connectivity index (χ0v) is 16.8. The average molecular weight is 431 g/mol. The minimum atomic E-state index is -1.10. The molecule has 2 aromatic heterocycles. The lowest BCUT2D eigenvalue weighted by molar-refractivity contribution is 0.171. The van der Waals surface area contributed by atoms with Crippen LogP contribution in [0, 0.1) is 5.92 Å². The Labute approximate surface area is 176 Å². The molecule has 2 aliphatic rings. The van der Waals surface area contributed by atoms with E-state index in [-0.39, 0.29) is 18.0 Å². The zero-order chi connectivity index (χ0) is 20.2. The van der Waals surface area contributed by atoms with E-state index in [0.717, 1.165) is 22.2 Å². The van der Waals surface area contributed by atoms with Gasteiger partial charge in [-0.15, -0.1) is 0 Å². The van der Waals surface area contributed by atoms with E-state index >= 15 is 0 Å². The van der Waals surface area contributed by atoms with Gasteiger partial charge in [-0.05, 0) is 30.2 Å². The number of benzene rings is 1. The Morgan fingerprint density at radius 1 is 1.21 bits per heavy atom. The molecule has 2 N–H and O–H groups in total. The predicted molar refractivity (Wildman–Crippen MR) is 111 cm³/mol. The summed E-state index contributed by atoms with van der Waals surface area (Å²) in [4.78, 5) is 13.3. The number of rotatable bonds is 4. The molecule has 0 bridgehead atoms. The molecule has 5 nitrogen and oxygen atoms in total. The smallest absolute Gasteiger partial charge is 0.283 e. The zero-order valence-electron chi connectivity index (χ0n) is 15.3. The first-order valence-corrected chi connectivity index (χ1v) is 10.0. The SMILES string of the molecule is NC1=N[C@](CF)(c2cc(Cc3nccc4cc(Cl)cnc34)ccc2Cl)[C@H]2C[C@H]2O1. The van der Waals surface area contributed by atoms with Crippen LogP contribution in [0.4, 0.5) is 4.39 Å². The van der Waals surface area contributed by atoms with Crippen molar-refractivity contribution in [2.45, 2.75) is 24.5 Å². The molecule has 3 atom stereocenters. The van der Waals surface area contributed by atoms with Gasteiger partial charge in [0.2, 0.25) is 0 Å². The second kappa shape index (κ2) is 6.82. The fraction of sp³-hybridized carbons (Fsp3) is 0.286. The van der Waals surface area contributed by atoms with Gasteiger partial charge in [0.1, 0.15) is 18.3 Å². The molecule has 0 amide bonds. The molecule has 1 saturated carbocycles. The number of ether oxygens (including phenoxy) is 1. The highest BCUT2D eigenvalue weighted by Gasteiger charge is 2.59. The molecule has 1 aliphatic carbocycles. The van der Waals surface area contributed by atoms with Crippen molar-refractivity contribution in [3.05, 3.63) is 69.6 Å². The first kappa shape index (κ1) is 18.6. The van der Waals surface area contributed by atoms with Crippen LogP contribution in [0.15, 0.2) is 47.7 Å². The molecular formula is C21H17Cl2FN4O. The van der Waals surface area contributed by atoms with Gasteiger partial charge in [-0.3, -0.25) is 9.97 Å². The van der Waals surface area contributed by atoms with Crippen molar-refractivity contribution in [2.75, 3.05) is 6.67 Å². The molecule has 29 heavy (non-hydrogen) atoms. The van der Waals surface area contributed by atoms with E-state index in [9.17, 15) is 4.39 Å². The number of nitrogens with two attached hydrogens (primary N) is 1. The standard InChI is InChI=1S/C21H17Cl2FN4O/c22-13-7-12-3-4-26-17(19(12)27-9-13)6-11-1-2-16(23)14(5-11)21(10-24)15-8-18(15)29-20(25)28-21/h1-5,7,9,15,18H,6,8,10H2,(H2,25,28)/t15-,18+,21+/m0/s1. The van der Waals surface area contributed by atoms with Gasteiger partial charge in [0.25, 0.3) is 6.02 Å². The number of fused-ring (bicyclic) bond motifs is 2. The third kappa shape index (κ3) is 3.11. The molecule has 0 saturated heterocycles. The summed E-state index contributed by atoms with van der Waals surface area (Å²) in [6.07, 6.45) is 4.46. The first-order chi connectivity index (χ1) is 14.0. The monoisotopic (exact) mass is 430 g/mol. The van der Waals surface area contributed by atoms with Crippen molar-refractivity contribution < 1.29 is 9.13 Å². The molecule has 1 aromatic carbocycles. The van der Waals surface area contributed by atoms with Crippen LogP contribution >= 0.6 is 23.2 Å². The van der Waals surface area contributed by atoms with E-state index in [4.69, 9.17) is 33.7 Å². The highest BCUT2D eigenvalue weighted by molar-refractivity contribution is 6.31. The number of nitrogens with zero attached hydrogens (tertiary/aromatic N) is 3. The van der Waals surface area contributed by atoms with E-state index < -0.39 is 12.2 Å². The summed E-state index contributed by atoms with van der Waals surface area (Å²) >= 11 is 12.5. The minimum absolute atomic E-state index is 0.0136. The van der Waals surface area contributed by atoms with Crippen LogP contribution in [-0.4, -0.2) is 28.8 Å². The Hall–Kier alpha value is -2.44. The van der Waals surface area contributed by atoms with Gasteiger partial charge in [-0.2, -0.15) is 0 Å². The molecular weight excluding hydrogens is 414 g/mol. The third-order valence-corrected chi connectivity index (χ3v) is 6.18. The number of halogens is 3. The fourth-order valence-corrected chi connectivity index (χ4v) is 4.60. The van der Waals surface area contributed by atoms with Crippen molar-refractivity contribution in [3.63, 3.8) is 0 Å². The number of aliphatic imine (C=N–C) groups is 1. The first-order valence-electron chi connectivity index (χ1n) is 9.26. The molecule has 1 fully saturated rings. The molecule has 1 aliphatic heterocycles. The van der Waals surface area contributed by atoms with Crippen LogP contribution in [-0.2, 0) is 16.7 Å². The fourth-order valence-electron chi connectivity index (χ4n) is 4.16. The van der Waals surface area contributed by atoms with E-state index in [1.165, 1.54) is 0 Å². The lowest BCUT2D eigenvalue weighted by Gasteiger charge is -2.32. The van der Waals surface area contributed by atoms with Crippen LogP contribution in [0.3, 0.4) is 0 Å². The number of hydrogen-bond acceptors (Lipinski definition) is 5. The summed E-state index contributed by atoms with van der Waals surface area (Å²) < 4.78 is 19.8. The van der Waals surface area contributed by atoms with Crippen molar-refractivity contribution in [1.29, 1.82) is 0 Å². The number of hydrogen-bond donors (Lipinski definition) is 1. The Bertz CT molecular complexity index is 1150. The van der Waals surface area contributed by atoms with Gasteiger partial charge in [-0.1, -0.05) is 35.3 Å². The highest BCUT2D eigenvalue weighted by Crippen LogP contribution is 2.54. The number of amidine groups is 1. The maximum Gasteiger partial charge on any atom is 0.283 e. The molecule has 148 valence electrons. The molecule has 0 radical (unpaired) electrons. The van der Waals surface area contributed by atoms with Crippen LogP contribution in [0.25, 0.3) is 10.9 Å². The quantitative estimate of drug-likeness (QED) is 0.664. The summed E-state index contributed by atoms with van der Waals surface area (Å²) in [6, 6.07) is 9.32. The van der Waals surface area contributed by atoms with E-state index in [1.54, 1.807) is 18.5 Å². The van der Waals surface area contributed by atoms with Crippen LogP contribution < -0.4 is 5.73 Å². The highest BCUT2D eigenvalue weighted by atomic mass is 35.5. The number of alkyl halides is 1. The van der Waals surface area contributed by atoms with Gasteiger partial charge >= 0.3 is 0 Å². The topological polar surface area (TPSA) is 73.4 Å². The Balaban J connectivity index is 1.57. The molecule has 3 aromatic rings. The van der Waals surface area contributed by atoms with Gasteiger partial charge in [-0.25, -0.2) is 9.38 Å². The van der Waals surface area contributed by atoms with Crippen molar-refractivity contribution in [2.24, 2.45) is 16.6 Å². The van der Waals surface area contributed by atoms with Gasteiger partial charge in [0.05, 0.1) is 16.2 Å². The normalized spacial score (nSPS) is 25.3. The minimum Gasteiger partial charge on any atom is -0.462 e. The summed E-state index contributed by atoms with van der Waals surface area (Å²) in [5, 5.41) is 1.95. The molecule has 0 unspecified atom stereocenters. The molecule has 3 heterocycles. The van der Waals surface area contributed by atoms with Crippen molar-refractivity contribution in [3.8, 4) is 0 Å². The largest absolute Gasteiger partial charge is 0.462 e. The van der Waals surface area contributed by atoms with Crippen LogP contribution in [0.5, 0.6) is 0 Å². The van der Waals surface area contributed by atoms with E-state index in [0.29, 0.717) is 28.5 Å². The lowest BCUT2D eigenvalue weighted by atomic mass is 9.84. The number of aromatic nitrogens is 2. The second-order valence-corrected chi connectivity index (χ2v) is 8.32.